The number of likely N-dealkylation sites (N-methyl/N-ethyl adjacent to an activating group) is 1. The summed E-state index contributed by atoms with van der Waals surface area (Å²) in [4.78, 5) is 6.57. The molecule has 2 N–H and O–H groups in total. The van der Waals surface area contributed by atoms with Crippen molar-refractivity contribution in [1.29, 1.82) is 0 Å². The number of hydrogen-bond donors (Lipinski definition) is 2. The van der Waals surface area contributed by atoms with Crippen molar-refractivity contribution in [3.8, 4) is 0 Å². The van der Waals surface area contributed by atoms with Crippen molar-refractivity contribution in [1.82, 2.24) is 25.3 Å². The Bertz CT molecular complexity index is 515. The molecule has 1 fully saturated rings. The zero-order chi connectivity index (χ0) is 16.9. The third-order valence-corrected chi connectivity index (χ3v) is 5.21. The van der Waals surface area contributed by atoms with E-state index < -0.39 is 0 Å². The minimum atomic E-state index is 0. The average molecular weight is 448 g/mol. The fourth-order valence-corrected chi connectivity index (χ4v) is 3.23. The van der Waals surface area contributed by atoms with Gasteiger partial charge >= 0.3 is 0 Å². The third-order valence-electron chi connectivity index (χ3n) is 5.21. The summed E-state index contributed by atoms with van der Waals surface area (Å²) in [6, 6.07) is 0.270. The van der Waals surface area contributed by atoms with E-state index in [1.54, 1.807) is 0 Å². The molecule has 7 heteroatoms. The van der Waals surface area contributed by atoms with Crippen LogP contribution in [0.2, 0.25) is 0 Å². The maximum atomic E-state index is 4.37. The fourth-order valence-electron chi connectivity index (χ4n) is 3.23. The predicted octanol–water partition coefficient (Wildman–Crippen LogP) is 2.39. The molecular weight excluding hydrogens is 415 g/mol. The monoisotopic (exact) mass is 448 g/mol. The van der Waals surface area contributed by atoms with Gasteiger partial charge in [-0.3, -0.25) is 9.67 Å². The number of aromatic nitrogens is 2. The second-order valence-corrected chi connectivity index (χ2v) is 6.94. The number of hydrogen-bond acceptors (Lipinski definition) is 3. The van der Waals surface area contributed by atoms with E-state index >= 15 is 0 Å². The van der Waals surface area contributed by atoms with Crippen molar-refractivity contribution in [2.24, 2.45) is 17.5 Å². The minimum Gasteiger partial charge on any atom is -0.356 e. The van der Waals surface area contributed by atoms with Crippen LogP contribution in [0.4, 0.5) is 0 Å². The number of halogens is 1. The van der Waals surface area contributed by atoms with Crippen LogP contribution in [-0.4, -0.2) is 54.9 Å². The summed E-state index contributed by atoms with van der Waals surface area (Å²) in [5.41, 5.74) is 1.70. The Hall–Kier alpha value is -0.830. The van der Waals surface area contributed by atoms with Crippen LogP contribution in [0.1, 0.15) is 44.2 Å². The van der Waals surface area contributed by atoms with Gasteiger partial charge in [0.15, 0.2) is 5.96 Å². The number of nitrogens with one attached hydrogen (secondary N) is 2. The summed E-state index contributed by atoms with van der Waals surface area (Å²) >= 11 is 0. The lowest BCUT2D eigenvalue weighted by molar-refractivity contribution is 0.131. The highest BCUT2D eigenvalue weighted by Gasteiger charge is 2.34. The first-order valence-corrected chi connectivity index (χ1v) is 8.59. The minimum absolute atomic E-state index is 0. The van der Waals surface area contributed by atoms with Gasteiger partial charge in [-0.2, -0.15) is 5.10 Å². The van der Waals surface area contributed by atoms with E-state index in [2.05, 4.69) is 52.8 Å². The largest absolute Gasteiger partial charge is 0.356 e. The summed E-state index contributed by atoms with van der Waals surface area (Å²) in [5, 5.41) is 11.3. The van der Waals surface area contributed by atoms with Crippen LogP contribution in [-0.2, 0) is 7.05 Å². The summed E-state index contributed by atoms with van der Waals surface area (Å²) in [6.07, 6.45) is 9.29. The SMILES string of the molecule is CCC1(CNC(=NC)NCC(c2cnn(C)c2)N(C)C)CCC1.I. The average Bonchev–Trinajstić information content (AvgIpc) is 2.90. The molecule has 1 aliphatic rings. The Morgan fingerprint density at radius 1 is 1.42 bits per heavy atom. The highest BCUT2D eigenvalue weighted by molar-refractivity contribution is 14.0. The molecule has 24 heavy (non-hydrogen) atoms. The van der Waals surface area contributed by atoms with Gasteiger partial charge in [-0.25, -0.2) is 0 Å². The lowest BCUT2D eigenvalue weighted by atomic mass is 9.67. The molecule has 0 bridgehead atoms. The van der Waals surface area contributed by atoms with Gasteiger partial charge < -0.3 is 15.5 Å². The molecule has 138 valence electrons. The van der Waals surface area contributed by atoms with Crippen LogP contribution >= 0.6 is 24.0 Å². The highest BCUT2D eigenvalue weighted by atomic mass is 127. The van der Waals surface area contributed by atoms with E-state index in [4.69, 9.17) is 0 Å². The maximum absolute atomic E-state index is 4.37. The Balaban J connectivity index is 0.00000288. The Morgan fingerprint density at radius 2 is 2.12 bits per heavy atom. The van der Waals surface area contributed by atoms with Crippen LogP contribution in [0.25, 0.3) is 0 Å². The first-order chi connectivity index (χ1) is 11.0. The smallest absolute Gasteiger partial charge is 0.191 e. The van der Waals surface area contributed by atoms with Crippen LogP contribution in [0, 0.1) is 5.41 Å². The Kier molecular flexibility index (Phi) is 8.49. The van der Waals surface area contributed by atoms with Gasteiger partial charge in [0.25, 0.3) is 0 Å². The molecule has 1 saturated carbocycles. The molecule has 1 aromatic heterocycles. The molecule has 0 amide bonds. The number of nitrogens with zero attached hydrogens (tertiary/aromatic N) is 4. The van der Waals surface area contributed by atoms with Gasteiger partial charge in [-0.05, 0) is 38.8 Å². The van der Waals surface area contributed by atoms with Gasteiger partial charge in [0.1, 0.15) is 0 Å². The van der Waals surface area contributed by atoms with E-state index in [0.717, 1.165) is 19.0 Å². The summed E-state index contributed by atoms with van der Waals surface area (Å²) < 4.78 is 1.85. The van der Waals surface area contributed by atoms with Crippen LogP contribution in [0.3, 0.4) is 0 Å². The molecule has 0 aliphatic heterocycles. The van der Waals surface area contributed by atoms with Crippen LogP contribution in [0.15, 0.2) is 17.4 Å². The van der Waals surface area contributed by atoms with Crippen molar-refractivity contribution < 1.29 is 0 Å². The topological polar surface area (TPSA) is 57.5 Å². The zero-order valence-corrected chi connectivity index (χ0v) is 18.0. The summed E-state index contributed by atoms with van der Waals surface area (Å²) in [6.45, 7) is 4.11. The van der Waals surface area contributed by atoms with E-state index in [1.807, 2.05) is 25.0 Å². The molecule has 1 heterocycles. The summed E-state index contributed by atoms with van der Waals surface area (Å²) in [7, 11) is 7.97. The normalized spacial score (nSPS) is 17.8. The zero-order valence-electron chi connectivity index (χ0n) is 15.7. The lowest BCUT2D eigenvalue weighted by Crippen LogP contribution is -2.47. The van der Waals surface area contributed by atoms with Crippen molar-refractivity contribution >= 4 is 29.9 Å². The molecule has 0 spiro atoms. The van der Waals surface area contributed by atoms with Gasteiger partial charge in [-0.15, -0.1) is 24.0 Å². The molecular formula is C17H33IN6. The first kappa shape index (κ1) is 21.2. The second kappa shape index (κ2) is 9.60. The van der Waals surface area contributed by atoms with E-state index in [0.29, 0.717) is 5.41 Å². The second-order valence-electron chi connectivity index (χ2n) is 6.94. The predicted molar refractivity (Wildman–Crippen MR) is 111 cm³/mol. The number of rotatable bonds is 7. The molecule has 6 nitrogen and oxygen atoms in total. The summed E-state index contributed by atoms with van der Waals surface area (Å²) in [5.74, 6) is 0.889. The molecule has 1 aliphatic carbocycles. The maximum Gasteiger partial charge on any atom is 0.191 e. The Labute approximate surface area is 163 Å². The quantitative estimate of drug-likeness (QED) is 0.382. The lowest BCUT2D eigenvalue weighted by Gasteiger charge is -2.41. The van der Waals surface area contributed by atoms with E-state index in [9.17, 15) is 0 Å². The highest BCUT2D eigenvalue weighted by Crippen LogP contribution is 2.42. The van der Waals surface area contributed by atoms with Gasteiger partial charge in [0, 0.05) is 38.9 Å². The van der Waals surface area contributed by atoms with Crippen LogP contribution in [0.5, 0.6) is 0 Å². The first-order valence-electron chi connectivity index (χ1n) is 8.59. The van der Waals surface area contributed by atoms with Crippen molar-refractivity contribution in [2.75, 3.05) is 34.2 Å². The number of guanidine groups is 1. The molecule has 0 saturated heterocycles. The molecule has 2 rings (SSSR count). The van der Waals surface area contributed by atoms with E-state index in [1.165, 1.54) is 31.2 Å². The number of aryl methyl sites for hydroxylation is 1. The standard InChI is InChI=1S/C17H32N6.HI/c1-6-17(8-7-9-17)13-20-16(18-2)19-11-15(22(3)4)14-10-21-23(5)12-14;/h10,12,15H,6-9,11,13H2,1-5H3,(H2,18,19,20);1H. The molecule has 1 atom stereocenters. The van der Waals surface area contributed by atoms with Gasteiger partial charge in [0.2, 0.25) is 0 Å². The van der Waals surface area contributed by atoms with Crippen LogP contribution < -0.4 is 10.6 Å². The number of aliphatic imine (C=N–C) groups is 1. The van der Waals surface area contributed by atoms with Crippen molar-refractivity contribution in [3.05, 3.63) is 18.0 Å². The van der Waals surface area contributed by atoms with Gasteiger partial charge in [-0.1, -0.05) is 13.3 Å². The van der Waals surface area contributed by atoms with Crippen molar-refractivity contribution in [3.63, 3.8) is 0 Å². The third kappa shape index (κ3) is 5.34. The molecule has 1 aromatic rings. The molecule has 0 aromatic carbocycles. The molecule has 0 radical (unpaired) electrons. The fraction of sp³-hybridized carbons (Fsp3) is 0.765. The van der Waals surface area contributed by atoms with E-state index in [-0.39, 0.29) is 30.0 Å². The molecule has 1 unspecified atom stereocenters. The van der Waals surface area contributed by atoms with Gasteiger partial charge in [0.05, 0.1) is 12.2 Å². The van der Waals surface area contributed by atoms with Crippen molar-refractivity contribution in [2.45, 2.75) is 38.6 Å². The Morgan fingerprint density at radius 3 is 2.54 bits per heavy atom.